The summed E-state index contributed by atoms with van der Waals surface area (Å²) in [4.78, 5) is 2.40. The largest absolute Gasteiger partial charge is 0.382 e. The molecule has 0 aliphatic heterocycles. The van der Waals surface area contributed by atoms with Crippen molar-refractivity contribution in [3.63, 3.8) is 0 Å². The molecule has 2 nitrogen and oxygen atoms in total. The fourth-order valence-electron chi connectivity index (χ4n) is 3.50. The Morgan fingerprint density at radius 2 is 1.95 bits per heavy atom. The number of ether oxygens (including phenoxy) is 1. The van der Waals surface area contributed by atoms with E-state index >= 15 is 0 Å². The van der Waals surface area contributed by atoms with Crippen LogP contribution in [0.15, 0.2) is 24.3 Å². The molecule has 2 rings (SSSR count). The van der Waals surface area contributed by atoms with Gasteiger partial charge in [-0.05, 0) is 76.2 Å². The summed E-state index contributed by atoms with van der Waals surface area (Å²) in [6.45, 7) is 3.77. The van der Waals surface area contributed by atoms with Gasteiger partial charge in [-0.25, -0.2) is 0 Å². The van der Waals surface area contributed by atoms with Crippen LogP contribution in [0.25, 0.3) is 0 Å². The minimum Gasteiger partial charge on any atom is -0.382 e. The molecule has 3 heteroatoms. The van der Waals surface area contributed by atoms with Gasteiger partial charge in [-0.3, -0.25) is 0 Å². The van der Waals surface area contributed by atoms with Gasteiger partial charge >= 0.3 is 0 Å². The minimum atomic E-state index is 0.653. The fourth-order valence-corrected chi connectivity index (χ4v) is 3.63. The van der Waals surface area contributed by atoms with Crippen molar-refractivity contribution in [2.45, 2.75) is 44.6 Å². The molecule has 0 aromatic heterocycles. The molecule has 1 fully saturated rings. The maximum Gasteiger partial charge on any atom is 0.0466 e. The first-order valence-electron chi connectivity index (χ1n) is 8.13. The van der Waals surface area contributed by atoms with Gasteiger partial charge in [0.05, 0.1) is 0 Å². The van der Waals surface area contributed by atoms with Gasteiger partial charge in [-0.2, -0.15) is 0 Å². The normalized spacial score (nSPS) is 23.1. The van der Waals surface area contributed by atoms with Crippen LogP contribution in [0.1, 0.15) is 44.1 Å². The molecular weight excluding hydrogens is 282 g/mol. The first-order valence-corrected chi connectivity index (χ1v) is 8.51. The molecule has 1 aromatic rings. The van der Waals surface area contributed by atoms with Gasteiger partial charge in [-0.15, -0.1) is 0 Å². The first-order chi connectivity index (χ1) is 10.1. The van der Waals surface area contributed by atoms with Gasteiger partial charge in [0.2, 0.25) is 0 Å². The maximum atomic E-state index is 6.00. The van der Waals surface area contributed by atoms with Crippen LogP contribution in [0.3, 0.4) is 0 Å². The van der Waals surface area contributed by atoms with Crippen LogP contribution in [0.4, 0.5) is 0 Å². The zero-order valence-electron chi connectivity index (χ0n) is 13.5. The molecule has 0 amide bonds. The molecule has 1 aromatic carbocycles. The first kappa shape index (κ1) is 16.8. The van der Waals surface area contributed by atoms with Gasteiger partial charge in [0.25, 0.3) is 0 Å². The Balaban J connectivity index is 1.95. The zero-order valence-corrected chi connectivity index (χ0v) is 14.3. The van der Waals surface area contributed by atoms with Crippen molar-refractivity contribution in [3.8, 4) is 0 Å². The number of benzene rings is 1. The second-order valence-electron chi connectivity index (χ2n) is 6.27. The maximum absolute atomic E-state index is 6.00. The van der Waals surface area contributed by atoms with Gasteiger partial charge in [0.1, 0.15) is 0 Å². The molecule has 1 aliphatic rings. The third kappa shape index (κ3) is 4.45. The van der Waals surface area contributed by atoms with Crippen molar-refractivity contribution in [1.82, 2.24) is 4.90 Å². The van der Waals surface area contributed by atoms with E-state index in [9.17, 15) is 0 Å². The molecule has 0 bridgehead atoms. The van der Waals surface area contributed by atoms with Crippen LogP contribution in [0.2, 0.25) is 5.02 Å². The van der Waals surface area contributed by atoms with E-state index in [0.717, 1.165) is 30.6 Å². The number of hydrogen-bond donors (Lipinski definition) is 0. The SMILES string of the molecule is CCOCCCC(C1CCC1c1ccc(Cl)cc1)N(C)C. The summed E-state index contributed by atoms with van der Waals surface area (Å²) < 4.78 is 5.49. The molecule has 3 atom stereocenters. The predicted molar refractivity (Wildman–Crippen MR) is 90.1 cm³/mol. The Labute approximate surface area is 134 Å². The van der Waals surface area contributed by atoms with E-state index in [0.29, 0.717) is 12.0 Å². The van der Waals surface area contributed by atoms with E-state index < -0.39 is 0 Å². The topological polar surface area (TPSA) is 12.5 Å². The molecule has 1 aliphatic carbocycles. The van der Waals surface area contributed by atoms with Crippen molar-refractivity contribution >= 4 is 11.6 Å². The molecular formula is C18H28ClNO. The van der Waals surface area contributed by atoms with Gasteiger partial charge in [0, 0.05) is 24.3 Å². The Kier molecular flexibility index (Phi) is 6.53. The predicted octanol–water partition coefficient (Wildman–Crippen LogP) is 4.58. The van der Waals surface area contributed by atoms with E-state index in [4.69, 9.17) is 16.3 Å². The number of nitrogens with zero attached hydrogens (tertiary/aromatic N) is 1. The van der Waals surface area contributed by atoms with Crippen LogP contribution in [0.5, 0.6) is 0 Å². The summed E-state index contributed by atoms with van der Waals surface area (Å²) in [6, 6.07) is 9.09. The Morgan fingerprint density at radius 1 is 1.24 bits per heavy atom. The van der Waals surface area contributed by atoms with Crippen LogP contribution < -0.4 is 0 Å². The van der Waals surface area contributed by atoms with Crippen molar-refractivity contribution in [1.29, 1.82) is 0 Å². The Morgan fingerprint density at radius 3 is 2.48 bits per heavy atom. The highest BCUT2D eigenvalue weighted by Gasteiger charge is 2.38. The third-order valence-corrected chi connectivity index (χ3v) is 5.03. The highest BCUT2D eigenvalue weighted by Crippen LogP contribution is 2.46. The summed E-state index contributed by atoms with van der Waals surface area (Å²) in [5.74, 6) is 1.46. The molecule has 21 heavy (non-hydrogen) atoms. The number of hydrogen-bond acceptors (Lipinski definition) is 2. The molecule has 0 saturated heterocycles. The molecule has 0 N–H and O–H groups in total. The highest BCUT2D eigenvalue weighted by molar-refractivity contribution is 6.30. The lowest BCUT2D eigenvalue weighted by molar-refractivity contribution is 0.0877. The second kappa shape index (κ2) is 8.17. The highest BCUT2D eigenvalue weighted by atomic mass is 35.5. The lowest BCUT2D eigenvalue weighted by Gasteiger charge is -2.45. The van der Waals surface area contributed by atoms with E-state index in [1.165, 1.54) is 24.8 Å². The summed E-state index contributed by atoms with van der Waals surface area (Å²) in [5, 5.41) is 0.829. The Hall–Kier alpha value is -0.570. The van der Waals surface area contributed by atoms with E-state index in [1.807, 2.05) is 12.1 Å². The van der Waals surface area contributed by atoms with Crippen LogP contribution in [-0.2, 0) is 4.74 Å². The monoisotopic (exact) mass is 309 g/mol. The number of rotatable bonds is 8. The lowest BCUT2D eigenvalue weighted by Crippen LogP contribution is -2.43. The van der Waals surface area contributed by atoms with Gasteiger partial charge in [-0.1, -0.05) is 23.7 Å². The van der Waals surface area contributed by atoms with Gasteiger partial charge < -0.3 is 9.64 Å². The standard InChI is InChI=1S/C18H28ClNO/c1-4-21-13-5-6-18(20(2)3)17-12-11-16(17)14-7-9-15(19)10-8-14/h7-10,16-18H,4-6,11-13H2,1-3H3. The third-order valence-electron chi connectivity index (χ3n) is 4.78. The van der Waals surface area contributed by atoms with Crippen LogP contribution in [-0.4, -0.2) is 38.3 Å². The molecule has 0 heterocycles. The second-order valence-corrected chi connectivity index (χ2v) is 6.71. The summed E-state index contributed by atoms with van der Waals surface area (Å²) >= 11 is 6.00. The van der Waals surface area contributed by atoms with E-state index in [-0.39, 0.29) is 0 Å². The molecule has 0 radical (unpaired) electrons. The lowest BCUT2D eigenvalue weighted by atomic mass is 9.65. The molecule has 3 unspecified atom stereocenters. The molecule has 0 spiro atoms. The zero-order chi connectivity index (χ0) is 15.2. The smallest absolute Gasteiger partial charge is 0.0466 e. The van der Waals surface area contributed by atoms with Gasteiger partial charge in [0.15, 0.2) is 0 Å². The average molecular weight is 310 g/mol. The van der Waals surface area contributed by atoms with Crippen molar-refractivity contribution in [2.24, 2.45) is 5.92 Å². The molecule has 118 valence electrons. The van der Waals surface area contributed by atoms with Crippen molar-refractivity contribution in [3.05, 3.63) is 34.9 Å². The van der Waals surface area contributed by atoms with Crippen LogP contribution in [0, 0.1) is 5.92 Å². The average Bonchev–Trinajstić information content (AvgIpc) is 2.43. The number of halogens is 1. The van der Waals surface area contributed by atoms with Crippen molar-refractivity contribution in [2.75, 3.05) is 27.3 Å². The van der Waals surface area contributed by atoms with Crippen molar-refractivity contribution < 1.29 is 4.74 Å². The Bertz CT molecular complexity index is 418. The summed E-state index contributed by atoms with van der Waals surface area (Å²) in [7, 11) is 4.42. The molecule has 1 saturated carbocycles. The fraction of sp³-hybridized carbons (Fsp3) is 0.667. The van der Waals surface area contributed by atoms with E-state index in [1.54, 1.807) is 0 Å². The minimum absolute atomic E-state index is 0.653. The van der Waals surface area contributed by atoms with Crippen LogP contribution >= 0.6 is 11.6 Å². The summed E-state index contributed by atoms with van der Waals surface area (Å²) in [6.07, 6.45) is 5.02. The quantitative estimate of drug-likeness (QED) is 0.652. The summed E-state index contributed by atoms with van der Waals surface area (Å²) in [5.41, 5.74) is 1.45. The van der Waals surface area contributed by atoms with E-state index in [2.05, 4.69) is 38.1 Å².